The Kier molecular flexibility index (Phi) is 516. The van der Waals surface area contributed by atoms with Crippen molar-refractivity contribution in [3.63, 3.8) is 0 Å². The summed E-state index contributed by atoms with van der Waals surface area (Å²) in [6.07, 6.45) is 0. The summed E-state index contributed by atoms with van der Waals surface area (Å²) in [6, 6.07) is 0. The Hall–Kier alpha value is 3.91. The number of rotatable bonds is 0. The van der Waals surface area contributed by atoms with Gasteiger partial charge in [-0.2, -0.15) is 0 Å². The molecule has 0 aliphatic carbocycles. The Labute approximate surface area is 127 Å². The minimum atomic E-state index is 0. The molecule has 0 nitrogen and oxygen atoms in total. The molecule has 0 saturated heterocycles. The molecule has 0 aliphatic heterocycles. The van der Waals surface area contributed by atoms with Crippen molar-refractivity contribution in [2.45, 2.75) is 0 Å². The van der Waals surface area contributed by atoms with Gasteiger partial charge in [0.05, 0.1) is 0 Å². The molecule has 0 aromatic rings. The molecule has 2 radical (unpaired) electrons. The Morgan fingerprint density at radius 1 is 0.571 bits per heavy atom. The zero-order valence-corrected chi connectivity index (χ0v) is 13.3. The summed E-state index contributed by atoms with van der Waals surface area (Å²) in [6.45, 7) is 0. The van der Waals surface area contributed by atoms with E-state index >= 15 is 0 Å². The van der Waals surface area contributed by atoms with Gasteiger partial charge in [0.15, 0.2) is 0 Å². The van der Waals surface area contributed by atoms with Crippen LogP contribution in [0.1, 0.15) is 0 Å². The minimum absolute atomic E-state index is 0. The molecule has 7 heavy (non-hydrogen) atoms. The Morgan fingerprint density at radius 3 is 0.571 bits per heavy atom. The van der Waals surface area contributed by atoms with Gasteiger partial charge in [-0.15, -0.1) is 0 Å². The zero-order valence-electron chi connectivity index (χ0n) is 3.49. The summed E-state index contributed by atoms with van der Waals surface area (Å²) in [7, 11) is 0. The fourth-order valence-electron chi connectivity index (χ4n) is 0. The van der Waals surface area contributed by atoms with E-state index in [9.17, 15) is 0 Å². The normalized spacial score (nSPS) is 0. The van der Waals surface area contributed by atoms with E-state index in [4.69, 9.17) is 0 Å². The van der Waals surface area contributed by atoms with Crippen LogP contribution >= 0.6 is 0 Å². The minimum Gasteiger partial charge on any atom is -2.00 e. The van der Waals surface area contributed by atoms with Gasteiger partial charge in [-0.1, -0.05) is 0 Å². The van der Waals surface area contributed by atoms with Crippen molar-refractivity contribution < 1.29 is 50.6 Å². The van der Waals surface area contributed by atoms with E-state index in [1.54, 1.807) is 0 Å². The molecule has 0 saturated carbocycles. The van der Waals surface area contributed by atoms with Crippen LogP contribution in [0, 0.1) is 0 Å². The van der Waals surface area contributed by atoms with Crippen LogP contribution in [-0.2, 0) is 75.0 Å². The molecule has 0 unspecified atom stereocenters. The first-order valence-electron chi connectivity index (χ1n) is 0. The molecule has 0 rings (SSSR count). The Balaban J connectivity index is 0. The van der Waals surface area contributed by atoms with Crippen LogP contribution in [0.2, 0.25) is 0 Å². The molecule has 0 bridgehead atoms. The summed E-state index contributed by atoms with van der Waals surface area (Å²) < 4.78 is 0. The van der Waals surface area contributed by atoms with Crippen LogP contribution in [0.3, 0.4) is 0 Å². The van der Waals surface area contributed by atoms with Crippen molar-refractivity contribution in [2.75, 3.05) is 0 Å². The monoisotopic (exact) mass is 370 g/mol. The van der Waals surface area contributed by atoms with E-state index in [1.165, 1.54) is 0 Å². The van der Waals surface area contributed by atoms with Crippen LogP contribution in [0.25, 0.3) is 0 Å². The molecular formula is MoNaS4Sb. The van der Waals surface area contributed by atoms with E-state index in [0.29, 0.717) is 0 Å². The summed E-state index contributed by atoms with van der Waals surface area (Å²) in [5.41, 5.74) is 0. The molecule has 0 aromatic carbocycles. The maximum absolute atomic E-state index is 0. The molecule has 0 spiro atoms. The van der Waals surface area contributed by atoms with Gasteiger partial charge in [0.2, 0.25) is 0 Å². The third-order valence-electron chi connectivity index (χ3n) is 0. The molecule has 0 atom stereocenters. The first kappa shape index (κ1) is 70.1. The van der Waals surface area contributed by atoms with Gasteiger partial charge in [-0.05, 0) is 0 Å². The van der Waals surface area contributed by atoms with Crippen LogP contribution in [0.4, 0.5) is 0 Å². The van der Waals surface area contributed by atoms with Gasteiger partial charge in [-0.3, -0.25) is 0 Å². The second-order valence-corrected chi connectivity index (χ2v) is 0. The van der Waals surface area contributed by atoms with Crippen molar-refractivity contribution in [1.29, 1.82) is 0 Å². The summed E-state index contributed by atoms with van der Waals surface area (Å²) in [4.78, 5) is 0. The van der Waals surface area contributed by atoms with Crippen LogP contribution < -0.4 is 29.6 Å². The first-order valence-corrected chi connectivity index (χ1v) is 0. The van der Waals surface area contributed by atoms with Crippen LogP contribution in [0.5, 0.6) is 0 Å². The van der Waals surface area contributed by atoms with Crippen molar-refractivity contribution >= 4 is 78.4 Å². The Bertz CT molecular complexity index is 11.7. The largest absolute Gasteiger partial charge is 4.00 e. The predicted molar refractivity (Wildman–Crippen MR) is 35.2 cm³/mol. The maximum Gasteiger partial charge on any atom is 4.00 e. The first-order chi connectivity index (χ1) is 0. The van der Waals surface area contributed by atoms with Crippen molar-refractivity contribution in [3.8, 4) is 0 Å². The van der Waals surface area contributed by atoms with Crippen LogP contribution in [0.15, 0.2) is 0 Å². The van der Waals surface area contributed by atoms with Crippen molar-refractivity contribution in [3.05, 3.63) is 0 Å². The average Bonchev–Trinajstić information content (AvgIpc) is 0. The van der Waals surface area contributed by atoms with E-state index in [1.807, 2.05) is 0 Å². The molecule has 0 aliphatic rings. The zero-order chi connectivity index (χ0) is 0. The van der Waals surface area contributed by atoms with Gasteiger partial charge in [0, 0.05) is 0 Å². The Morgan fingerprint density at radius 2 is 0.571 bits per heavy atom. The fourth-order valence-corrected chi connectivity index (χ4v) is 0. The summed E-state index contributed by atoms with van der Waals surface area (Å²) in [5, 5.41) is 0. The molecule has 7 heteroatoms. The quantitative estimate of drug-likeness (QED) is 0.391. The van der Waals surface area contributed by atoms with E-state index < -0.39 is 0 Å². The maximum atomic E-state index is 0. The number of hydrogen-bond donors (Lipinski definition) is 0. The molecule has 0 fully saturated rings. The average molecular weight is 369 g/mol. The van der Waals surface area contributed by atoms with Gasteiger partial charge in [0.25, 0.3) is 0 Å². The molecule has 36 valence electrons. The molecule has 0 heterocycles. The van der Waals surface area contributed by atoms with Gasteiger partial charge in [-0.25, -0.2) is 0 Å². The van der Waals surface area contributed by atoms with E-state index in [0.717, 1.165) is 0 Å². The van der Waals surface area contributed by atoms with E-state index in [-0.39, 0.29) is 129 Å². The topological polar surface area (TPSA) is 0 Å². The fraction of sp³-hybridized carbons (Fsp3) is 0. The molecular weight excluding hydrogens is 369 g/mol. The van der Waals surface area contributed by atoms with E-state index in [2.05, 4.69) is 0 Å². The molecule has 0 N–H and O–H groups in total. The summed E-state index contributed by atoms with van der Waals surface area (Å²) in [5.74, 6) is 0. The van der Waals surface area contributed by atoms with Crippen LogP contribution in [-0.4, -0.2) is 24.4 Å². The number of hydrogen-bond acceptors (Lipinski definition) is 0. The predicted octanol–water partition coefficient (Wildman–Crippen LogP) is -3.39. The van der Waals surface area contributed by atoms with Gasteiger partial charge in [0.1, 0.15) is 0 Å². The standard InChI is InChI=1S/Mo.Na.4S.Sb/q+4;+1;4*-2;+3. The smallest absolute Gasteiger partial charge is 2.00 e. The third kappa shape index (κ3) is 40.6. The second-order valence-electron chi connectivity index (χ2n) is 0. The summed E-state index contributed by atoms with van der Waals surface area (Å²) >= 11 is 0. The molecule has 0 amide bonds. The van der Waals surface area contributed by atoms with Crippen molar-refractivity contribution in [1.82, 2.24) is 0 Å². The SMILES string of the molecule is [Mo+4].[Na+].[S-2].[S-2].[S-2].[S-2].[Sb+3]. The van der Waals surface area contributed by atoms with Gasteiger partial charge >= 0.3 is 75.1 Å². The molecule has 0 aromatic heterocycles. The third-order valence-corrected chi connectivity index (χ3v) is 0. The second kappa shape index (κ2) is 51.5. The van der Waals surface area contributed by atoms with Crippen molar-refractivity contribution in [2.24, 2.45) is 0 Å². The van der Waals surface area contributed by atoms with Gasteiger partial charge < -0.3 is 54.0 Å².